The Morgan fingerprint density at radius 2 is 1.95 bits per heavy atom. The minimum atomic E-state index is 0.0488. The van der Waals surface area contributed by atoms with E-state index in [1.165, 1.54) is 0 Å². The maximum absolute atomic E-state index is 12.7. The highest BCUT2D eigenvalue weighted by Crippen LogP contribution is 2.21. The molecular weight excluding hydrogens is 274 g/mol. The number of rotatable bonds is 4. The molecule has 0 aliphatic carbocycles. The predicted molar refractivity (Wildman–Crippen MR) is 87.8 cm³/mol. The van der Waals surface area contributed by atoms with Crippen molar-refractivity contribution >= 4 is 16.8 Å². The number of aromatic nitrogens is 2. The Morgan fingerprint density at radius 3 is 2.73 bits per heavy atom. The van der Waals surface area contributed by atoms with Gasteiger partial charge in [0.15, 0.2) is 0 Å². The first kappa shape index (κ1) is 14.3. The highest BCUT2D eigenvalue weighted by Gasteiger charge is 2.17. The summed E-state index contributed by atoms with van der Waals surface area (Å²) in [6.07, 6.45) is 4.44. The number of amides is 1. The van der Waals surface area contributed by atoms with Crippen LogP contribution in [0.4, 0.5) is 0 Å². The van der Waals surface area contributed by atoms with Crippen molar-refractivity contribution in [3.63, 3.8) is 0 Å². The maximum atomic E-state index is 12.7. The Morgan fingerprint density at radius 1 is 1.18 bits per heavy atom. The Bertz CT molecular complexity index is 792. The van der Waals surface area contributed by atoms with Crippen LogP contribution in [0, 0.1) is 0 Å². The first-order valence-corrected chi connectivity index (χ1v) is 7.36. The van der Waals surface area contributed by atoms with Crippen LogP contribution in [0.15, 0.2) is 54.9 Å². The molecule has 4 nitrogen and oxygen atoms in total. The van der Waals surface area contributed by atoms with Gasteiger partial charge in [-0.1, -0.05) is 24.3 Å². The van der Waals surface area contributed by atoms with Gasteiger partial charge in [0.1, 0.15) is 0 Å². The fourth-order valence-electron chi connectivity index (χ4n) is 2.65. The van der Waals surface area contributed by atoms with Gasteiger partial charge in [-0.05, 0) is 18.2 Å². The lowest BCUT2D eigenvalue weighted by molar-refractivity contribution is 0.0798. The Balaban J connectivity index is 1.77. The lowest BCUT2D eigenvalue weighted by atomic mass is 10.1. The first-order valence-electron chi connectivity index (χ1n) is 7.36. The van der Waals surface area contributed by atoms with Gasteiger partial charge < -0.3 is 9.47 Å². The molecule has 3 rings (SSSR count). The third kappa shape index (κ3) is 2.72. The summed E-state index contributed by atoms with van der Waals surface area (Å²) < 4.78 is 2.00. The van der Waals surface area contributed by atoms with Crippen LogP contribution < -0.4 is 0 Å². The molecule has 0 saturated carbocycles. The van der Waals surface area contributed by atoms with Gasteiger partial charge in [-0.25, -0.2) is 0 Å². The molecule has 0 aliphatic heterocycles. The summed E-state index contributed by atoms with van der Waals surface area (Å²) in [6, 6.07) is 13.8. The van der Waals surface area contributed by atoms with Gasteiger partial charge >= 0.3 is 0 Å². The fraction of sp³-hybridized carbons (Fsp3) is 0.222. The van der Waals surface area contributed by atoms with E-state index >= 15 is 0 Å². The standard InChI is InChI=1S/C18H19N3O/c1-20(12-10-14-7-5-6-11-19-14)18(22)16-13-21(2)17-9-4-3-8-15(16)17/h3-9,11,13H,10,12H2,1-2H3. The van der Waals surface area contributed by atoms with Crippen molar-refractivity contribution in [2.45, 2.75) is 6.42 Å². The van der Waals surface area contributed by atoms with Crippen molar-refractivity contribution in [2.75, 3.05) is 13.6 Å². The number of benzene rings is 1. The molecule has 112 valence electrons. The number of hydrogen-bond acceptors (Lipinski definition) is 2. The van der Waals surface area contributed by atoms with Gasteiger partial charge in [0.05, 0.1) is 5.56 Å². The van der Waals surface area contributed by atoms with Gasteiger partial charge in [-0.15, -0.1) is 0 Å². The van der Waals surface area contributed by atoms with Gasteiger partial charge in [0.2, 0.25) is 0 Å². The summed E-state index contributed by atoms with van der Waals surface area (Å²) in [5, 5.41) is 1.000. The van der Waals surface area contributed by atoms with Crippen molar-refractivity contribution in [3.8, 4) is 0 Å². The van der Waals surface area contributed by atoms with Crippen molar-refractivity contribution in [2.24, 2.45) is 7.05 Å². The van der Waals surface area contributed by atoms with E-state index in [0.717, 1.165) is 28.6 Å². The quantitative estimate of drug-likeness (QED) is 0.742. The zero-order chi connectivity index (χ0) is 15.5. The van der Waals surface area contributed by atoms with E-state index in [-0.39, 0.29) is 5.91 Å². The molecule has 0 fully saturated rings. The summed E-state index contributed by atoms with van der Waals surface area (Å²) in [5.41, 5.74) is 2.82. The molecule has 0 saturated heterocycles. The van der Waals surface area contributed by atoms with Crippen LogP contribution in [0.25, 0.3) is 10.9 Å². The van der Waals surface area contributed by atoms with E-state index < -0.39 is 0 Å². The minimum Gasteiger partial charge on any atom is -0.350 e. The summed E-state index contributed by atoms with van der Waals surface area (Å²) in [5.74, 6) is 0.0488. The second-order valence-electron chi connectivity index (χ2n) is 5.47. The number of aryl methyl sites for hydroxylation is 1. The molecule has 0 spiro atoms. The number of hydrogen-bond donors (Lipinski definition) is 0. The zero-order valence-corrected chi connectivity index (χ0v) is 12.9. The van der Waals surface area contributed by atoms with Crippen LogP contribution in [0.5, 0.6) is 0 Å². The van der Waals surface area contributed by atoms with E-state index in [1.54, 1.807) is 11.1 Å². The molecule has 1 amide bonds. The van der Waals surface area contributed by atoms with Crippen molar-refractivity contribution in [1.29, 1.82) is 0 Å². The molecule has 0 N–H and O–H groups in total. The highest BCUT2D eigenvalue weighted by molar-refractivity contribution is 6.06. The number of carbonyl (C=O) groups excluding carboxylic acids is 1. The molecular formula is C18H19N3O. The highest BCUT2D eigenvalue weighted by atomic mass is 16.2. The summed E-state index contributed by atoms with van der Waals surface area (Å²) in [7, 11) is 3.81. The molecule has 4 heteroatoms. The molecule has 0 bridgehead atoms. The minimum absolute atomic E-state index is 0.0488. The number of pyridine rings is 1. The van der Waals surface area contributed by atoms with Crippen LogP contribution >= 0.6 is 0 Å². The number of para-hydroxylation sites is 1. The molecule has 0 radical (unpaired) electrons. The molecule has 22 heavy (non-hydrogen) atoms. The maximum Gasteiger partial charge on any atom is 0.255 e. The molecule has 2 aromatic heterocycles. The smallest absolute Gasteiger partial charge is 0.255 e. The molecule has 0 unspecified atom stereocenters. The lowest BCUT2D eigenvalue weighted by Gasteiger charge is -2.16. The molecule has 1 aromatic carbocycles. The predicted octanol–water partition coefficient (Wildman–Crippen LogP) is 2.89. The summed E-state index contributed by atoms with van der Waals surface area (Å²) in [6.45, 7) is 0.652. The topological polar surface area (TPSA) is 38.1 Å². The average Bonchev–Trinajstić information content (AvgIpc) is 2.90. The van der Waals surface area contributed by atoms with E-state index in [1.807, 2.05) is 67.3 Å². The van der Waals surface area contributed by atoms with Crippen molar-refractivity contribution in [3.05, 3.63) is 66.1 Å². The third-order valence-corrected chi connectivity index (χ3v) is 3.90. The lowest BCUT2D eigenvalue weighted by Crippen LogP contribution is -2.28. The number of carbonyl (C=O) groups is 1. The van der Waals surface area contributed by atoms with Crippen molar-refractivity contribution < 1.29 is 4.79 Å². The van der Waals surface area contributed by atoms with E-state index in [0.29, 0.717) is 6.54 Å². The second-order valence-corrected chi connectivity index (χ2v) is 5.47. The Hall–Kier alpha value is -2.62. The van der Waals surface area contributed by atoms with Crippen LogP contribution in [0.1, 0.15) is 16.1 Å². The van der Waals surface area contributed by atoms with Crippen molar-refractivity contribution in [1.82, 2.24) is 14.5 Å². The largest absolute Gasteiger partial charge is 0.350 e. The average molecular weight is 293 g/mol. The zero-order valence-electron chi connectivity index (χ0n) is 12.9. The number of fused-ring (bicyclic) bond motifs is 1. The van der Waals surface area contributed by atoms with Crippen LogP contribution in [0.3, 0.4) is 0 Å². The van der Waals surface area contributed by atoms with Gasteiger partial charge in [0, 0.05) is 56.1 Å². The van der Waals surface area contributed by atoms with Crippen LogP contribution in [0.2, 0.25) is 0 Å². The molecule has 3 aromatic rings. The fourth-order valence-corrected chi connectivity index (χ4v) is 2.65. The summed E-state index contributed by atoms with van der Waals surface area (Å²) >= 11 is 0. The van der Waals surface area contributed by atoms with E-state index in [9.17, 15) is 4.79 Å². The SMILES string of the molecule is CN(CCc1ccccn1)C(=O)c1cn(C)c2ccccc12. The van der Waals surface area contributed by atoms with Crippen LogP contribution in [-0.4, -0.2) is 34.0 Å². The first-order chi connectivity index (χ1) is 10.7. The molecule has 0 aliphatic rings. The Labute approximate surface area is 130 Å². The second kappa shape index (κ2) is 6.02. The van der Waals surface area contributed by atoms with Crippen LogP contribution in [-0.2, 0) is 13.5 Å². The van der Waals surface area contributed by atoms with Gasteiger partial charge in [-0.2, -0.15) is 0 Å². The molecule has 0 atom stereocenters. The summed E-state index contributed by atoms with van der Waals surface area (Å²) in [4.78, 5) is 18.7. The number of likely N-dealkylation sites (N-methyl/N-ethyl adjacent to an activating group) is 1. The van der Waals surface area contributed by atoms with Gasteiger partial charge in [-0.3, -0.25) is 9.78 Å². The third-order valence-electron chi connectivity index (χ3n) is 3.90. The number of nitrogens with zero attached hydrogens (tertiary/aromatic N) is 3. The normalized spacial score (nSPS) is 10.8. The molecule has 2 heterocycles. The van der Waals surface area contributed by atoms with E-state index in [4.69, 9.17) is 0 Å². The Kier molecular flexibility index (Phi) is 3.92. The van der Waals surface area contributed by atoms with Gasteiger partial charge in [0.25, 0.3) is 5.91 Å². The van der Waals surface area contributed by atoms with E-state index in [2.05, 4.69) is 4.98 Å². The monoisotopic (exact) mass is 293 g/mol.